The molecule has 0 spiro atoms. The van der Waals surface area contributed by atoms with Gasteiger partial charge in [-0.15, -0.1) is 0 Å². The van der Waals surface area contributed by atoms with Crippen molar-refractivity contribution in [3.8, 4) is 23.0 Å². The molecule has 3 rings (SSSR count). The molecular weight excluding hydrogens is 414 g/mol. The van der Waals surface area contributed by atoms with Crippen LogP contribution in [0.2, 0.25) is 0 Å². The third kappa shape index (κ3) is 3.38. The average molecular weight is 432 g/mol. The zero-order chi connectivity index (χ0) is 19.6. The fourth-order valence-electron chi connectivity index (χ4n) is 2.88. The van der Waals surface area contributed by atoms with Crippen LogP contribution in [-0.4, -0.2) is 32.3 Å². The number of hydrogen-bond acceptors (Lipinski definition) is 5. The minimum Gasteiger partial charge on any atom is -0.507 e. The first-order chi connectivity index (χ1) is 13.0. The zero-order valence-corrected chi connectivity index (χ0v) is 16.6. The van der Waals surface area contributed by atoms with Gasteiger partial charge in [0.25, 0.3) is 5.91 Å². The number of aromatic hydroxyl groups is 1. The van der Waals surface area contributed by atoms with Crippen LogP contribution in [0.4, 0.5) is 5.69 Å². The maximum absolute atomic E-state index is 12.9. The van der Waals surface area contributed by atoms with Crippen molar-refractivity contribution in [3.05, 3.63) is 52.5 Å². The number of halogens is 1. The molecule has 0 fully saturated rings. The number of methoxy groups -OCH3 is 3. The first-order valence-corrected chi connectivity index (χ1v) is 8.81. The van der Waals surface area contributed by atoms with Crippen LogP contribution in [-0.2, 0) is 0 Å². The highest BCUT2D eigenvalue weighted by molar-refractivity contribution is 9.10. The molecule has 0 aliphatic carbocycles. The van der Waals surface area contributed by atoms with Crippen molar-refractivity contribution in [2.45, 2.75) is 0 Å². The number of carbonyl (C=O) groups excluding carboxylic acids is 1. The Hall–Kier alpha value is -2.93. The van der Waals surface area contributed by atoms with E-state index in [9.17, 15) is 9.90 Å². The van der Waals surface area contributed by atoms with E-state index in [-0.39, 0.29) is 11.7 Å². The molecule has 3 aromatic carbocycles. The normalized spacial score (nSPS) is 10.5. The molecule has 0 heterocycles. The number of phenolic OH excluding ortho intramolecular Hbond substituents is 1. The molecule has 0 unspecified atom stereocenters. The Labute approximate surface area is 164 Å². The van der Waals surface area contributed by atoms with Crippen molar-refractivity contribution in [1.29, 1.82) is 0 Å². The minimum absolute atomic E-state index is 0.151. The molecule has 3 aromatic rings. The van der Waals surface area contributed by atoms with E-state index < -0.39 is 0 Å². The van der Waals surface area contributed by atoms with Gasteiger partial charge in [0, 0.05) is 16.5 Å². The summed E-state index contributed by atoms with van der Waals surface area (Å²) in [6.07, 6.45) is 0. The largest absolute Gasteiger partial charge is 0.507 e. The highest BCUT2D eigenvalue weighted by Gasteiger charge is 2.23. The number of carbonyl (C=O) groups is 1. The SMILES string of the molecule is COc1cc(C(=O)Nc2cccc3c(O)cccc23)c(Br)c(OC)c1OC. The van der Waals surface area contributed by atoms with Gasteiger partial charge in [-0.25, -0.2) is 0 Å². The molecule has 2 N–H and O–H groups in total. The quantitative estimate of drug-likeness (QED) is 0.617. The van der Waals surface area contributed by atoms with Crippen LogP contribution in [0.25, 0.3) is 10.8 Å². The molecule has 0 aliphatic heterocycles. The lowest BCUT2D eigenvalue weighted by Crippen LogP contribution is -2.14. The van der Waals surface area contributed by atoms with Crippen molar-refractivity contribution in [2.75, 3.05) is 26.6 Å². The molecule has 140 valence electrons. The third-order valence-corrected chi connectivity index (χ3v) is 4.95. The number of ether oxygens (including phenoxy) is 3. The lowest BCUT2D eigenvalue weighted by molar-refractivity contribution is 0.102. The number of rotatable bonds is 5. The Balaban J connectivity index is 2.06. The summed E-state index contributed by atoms with van der Waals surface area (Å²) in [7, 11) is 4.47. The lowest BCUT2D eigenvalue weighted by Gasteiger charge is -2.17. The van der Waals surface area contributed by atoms with Crippen molar-refractivity contribution in [3.63, 3.8) is 0 Å². The Kier molecular flexibility index (Phi) is 5.41. The molecular formula is C20H18BrNO5. The van der Waals surface area contributed by atoms with Gasteiger partial charge in [-0.05, 0) is 34.1 Å². The van der Waals surface area contributed by atoms with Crippen LogP contribution in [0.1, 0.15) is 10.4 Å². The Morgan fingerprint density at radius 2 is 1.63 bits per heavy atom. The van der Waals surface area contributed by atoms with E-state index in [1.165, 1.54) is 21.3 Å². The number of benzene rings is 3. The van der Waals surface area contributed by atoms with Crippen LogP contribution < -0.4 is 19.5 Å². The van der Waals surface area contributed by atoms with Gasteiger partial charge in [0.15, 0.2) is 11.5 Å². The Morgan fingerprint density at radius 3 is 2.30 bits per heavy atom. The fraction of sp³-hybridized carbons (Fsp3) is 0.150. The second kappa shape index (κ2) is 7.75. The van der Waals surface area contributed by atoms with Crippen molar-refractivity contribution in [2.24, 2.45) is 0 Å². The smallest absolute Gasteiger partial charge is 0.257 e. The molecule has 0 saturated heterocycles. The number of hydrogen-bond donors (Lipinski definition) is 2. The number of phenols is 1. The van der Waals surface area contributed by atoms with E-state index in [1.807, 2.05) is 6.07 Å². The van der Waals surface area contributed by atoms with E-state index in [0.29, 0.717) is 38.4 Å². The molecule has 0 aliphatic rings. The lowest BCUT2D eigenvalue weighted by atomic mass is 10.1. The summed E-state index contributed by atoms with van der Waals surface area (Å²) in [6.45, 7) is 0. The van der Waals surface area contributed by atoms with Crippen molar-refractivity contribution in [1.82, 2.24) is 0 Å². The highest BCUT2D eigenvalue weighted by Crippen LogP contribution is 2.45. The maximum atomic E-state index is 12.9. The summed E-state index contributed by atoms with van der Waals surface area (Å²) in [6, 6.07) is 12.0. The monoisotopic (exact) mass is 431 g/mol. The van der Waals surface area contributed by atoms with E-state index in [4.69, 9.17) is 14.2 Å². The first kappa shape index (κ1) is 18.8. The molecule has 0 radical (unpaired) electrons. The molecule has 1 amide bonds. The molecule has 0 aromatic heterocycles. The predicted molar refractivity (Wildman–Crippen MR) is 107 cm³/mol. The van der Waals surface area contributed by atoms with Crippen LogP contribution in [0.3, 0.4) is 0 Å². The van der Waals surface area contributed by atoms with E-state index in [1.54, 1.807) is 36.4 Å². The molecule has 0 atom stereocenters. The zero-order valence-electron chi connectivity index (χ0n) is 15.0. The summed E-state index contributed by atoms with van der Waals surface area (Å²) < 4.78 is 16.5. The summed E-state index contributed by atoms with van der Waals surface area (Å²) in [4.78, 5) is 12.9. The topological polar surface area (TPSA) is 77.0 Å². The summed E-state index contributed by atoms with van der Waals surface area (Å²) in [5.41, 5.74) is 0.899. The van der Waals surface area contributed by atoms with Crippen LogP contribution in [0, 0.1) is 0 Å². The van der Waals surface area contributed by atoms with Gasteiger partial charge < -0.3 is 24.6 Å². The molecule has 7 heteroatoms. The van der Waals surface area contributed by atoms with Crippen LogP contribution in [0.5, 0.6) is 23.0 Å². The number of anilines is 1. The van der Waals surface area contributed by atoms with Crippen molar-refractivity contribution >= 4 is 38.3 Å². The van der Waals surface area contributed by atoms with Gasteiger partial charge in [0.05, 0.1) is 31.4 Å². The second-order valence-corrected chi connectivity index (χ2v) is 6.43. The van der Waals surface area contributed by atoms with E-state index in [0.717, 1.165) is 5.39 Å². The number of fused-ring (bicyclic) bond motifs is 1. The van der Waals surface area contributed by atoms with Gasteiger partial charge in [-0.2, -0.15) is 0 Å². The van der Waals surface area contributed by atoms with Gasteiger partial charge in [0.1, 0.15) is 5.75 Å². The van der Waals surface area contributed by atoms with Gasteiger partial charge in [-0.3, -0.25) is 4.79 Å². The molecule has 27 heavy (non-hydrogen) atoms. The summed E-state index contributed by atoms with van der Waals surface area (Å²) in [5.74, 6) is 0.906. The van der Waals surface area contributed by atoms with Crippen LogP contribution in [0.15, 0.2) is 46.9 Å². The van der Waals surface area contributed by atoms with Crippen molar-refractivity contribution < 1.29 is 24.1 Å². The second-order valence-electron chi connectivity index (χ2n) is 5.64. The number of nitrogens with one attached hydrogen (secondary N) is 1. The van der Waals surface area contributed by atoms with Gasteiger partial charge >= 0.3 is 0 Å². The molecule has 0 bridgehead atoms. The number of amides is 1. The predicted octanol–water partition coefficient (Wildman–Crippen LogP) is 4.59. The summed E-state index contributed by atoms with van der Waals surface area (Å²) >= 11 is 3.41. The average Bonchev–Trinajstić information content (AvgIpc) is 2.68. The maximum Gasteiger partial charge on any atom is 0.257 e. The van der Waals surface area contributed by atoms with Crippen LogP contribution >= 0.6 is 15.9 Å². The first-order valence-electron chi connectivity index (χ1n) is 8.02. The molecule has 6 nitrogen and oxygen atoms in total. The van der Waals surface area contributed by atoms with E-state index >= 15 is 0 Å². The van der Waals surface area contributed by atoms with Gasteiger partial charge in [-0.1, -0.05) is 24.3 Å². The van der Waals surface area contributed by atoms with E-state index in [2.05, 4.69) is 21.2 Å². The summed E-state index contributed by atoms with van der Waals surface area (Å²) in [5, 5.41) is 14.3. The highest BCUT2D eigenvalue weighted by atomic mass is 79.9. The Morgan fingerprint density at radius 1 is 0.963 bits per heavy atom. The molecule has 0 saturated carbocycles. The standard InChI is InChI=1S/C20H18BrNO5/c1-25-16-10-13(17(21)19(27-3)18(16)26-2)20(24)22-14-8-4-7-12-11(14)6-5-9-15(12)23/h4-10,23H,1-3H3,(H,22,24). The minimum atomic E-state index is -0.364. The van der Waals surface area contributed by atoms with Gasteiger partial charge in [0.2, 0.25) is 5.75 Å². The third-order valence-electron chi connectivity index (χ3n) is 4.16. The Bertz CT molecular complexity index is 1020. The fourth-order valence-corrected chi connectivity index (χ4v) is 3.51.